The molecule has 1 atom stereocenters. The van der Waals surface area contributed by atoms with E-state index in [2.05, 4.69) is 0 Å². The zero-order valence-electron chi connectivity index (χ0n) is 10.7. The van der Waals surface area contributed by atoms with Gasteiger partial charge in [-0.2, -0.15) is 0 Å². The fourth-order valence-electron chi connectivity index (χ4n) is 1.97. The Bertz CT molecular complexity index is 617. The maximum atomic E-state index is 13.3. The lowest BCUT2D eigenvalue weighted by Crippen LogP contribution is -2.05. The average Bonchev–Trinajstić information content (AvgIpc) is 2.43. The minimum absolute atomic E-state index is 0.288. The lowest BCUT2D eigenvalue weighted by Gasteiger charge is -2.15. The molecule has 20 heavy (non-hydrogen) atoms. The third-order valence-corrected chi connectivity index (χ3v) is 3.70. The van der Waals surface area contributed by atoms with Crippen LogP contribution in [0.25, 0.3) is 0 Å². The highest BCUT2D eigenvalue weighted by molar-refractivity contribution is 6.42. The van der Waals surface area contributed by atoms with Crippen molar-refractivity contribution in [1.82, 2.24) is 0 Å². The normalized spacial score (nSPS) is 12.2. The predicted octanol–water partition coefficient (Wildman–Crippen LogP) is 4.42. The van der Waals surface area contributed by atoms with E-state index in [0.717, 1.165) is 5.56 Å². The van der Waals surface area contributed by atoms with Gasteiger partial charge in [0.1, 0.15) is 11.6 Å². The van der Waals surface area contributed by atoms with Gasteiger partial charge in [0.25, 0.3) is 0 Å². The first-order valence-corrected chi connectivity index (χ1v) is 6.72. The largest absolute Gasteiger partial charge is 0.496 e. The van der Waals surface area contributed by atoms with Gasteiger partial charge in [0, 0.05) is 12.0 Å². The van der Waals surface area contributed by atoms with E-state index in [4.69, 9.17) is 27.9 Å². The summed E-state index contributed by atoms with van der Waals surface area (Å²) in [6, 6.07) is 9.15. The molecule has 0 aliphatic rings. The molecule has 2 rings (SSSR count). The molecule has 1 unspecified atom stereocenters. The fraction of sp³-hybridized carbons (Fsp3) is 0.200. The Labute approximate surface area is 126 Å². The van der Waals surface area contributed by atoms with Gasteiger partial charge in [-0.3, -0.25) is 0 Å². The van der Waals surface area contributed by atoms with Gasteiger partial charge in [0.2, 0.25) is 0 Å². The van der Waals surface area contributed by atoms with Crippen LogP contribution >= 0.6 is 23.2 Å². The van der Waals surface area contributed by atoms with Crippen LogP contribution < -0.4 is 4.74 Å². The maximum Gasteiger partial charge on any atom is 0.124 e. The zero-order valence-corrected chi connectivity index (χ0v) is 12.2. The Morgan fingerprint density at radius 2 is 1.90 bits per heavy atom. The fourth-order valence-corrected chi connectivity index (χ4v) is 2.29. The maximum absolute atomic E-state index is 13.3. The number of benzene rings is 2. The summed E-state index contributed by atoms with van der Waals surface area (Å²) in [7, 11) is 1.47. The van der Waals surface area contributed by atoms with Gasteiger partial charge >= 0.3 is 0 Å². The van der Waals surface area contributed by atoms with Crippen LogP contribution in [-0.4, -0.2) is 12.2 Å². The van der Waals surface area contributed by atoms with Gasteiger partial charge < -0.3 is 9.84 Å². The summed E-state index contributed by atoms with van der Waals surface area (Å²) < 4.78 is 18.4. The second-order valence-corrected chi connectivity index (χ2v) is 5.17. The Balaban J connectivity index is 2.25. The summed E-state index contributed by atoms with van der Waals surface area (Å²) in [4.78, 5) is 0. The highest BCUT2D eigenvalue weighted by Gasteiger charge is 2.15. The van der Waals surface area contributed by atoms with Crippen molar-refractivity contribution in [3.05, 3.63) is 63.4 Å². The Kier molecular flexibility index (Phi) is 4.86. The first kappa shape index (κ1) is 15.1. The molecular formula is C15H13Cl2FO2. The summed E-state index contributed by atoms with van der Waals surface area (Å²) in [5.41, 5.74) is 1.21. The number of rotatable bonds is 4. The van der Waals surface area contributed by atoms with Crippen LogP contribution in [0.4, 0.5) is 4.39 Å². The molecule has 0 amide bonds. The highest BCUT2D eigenvalue weighted by atomic mass is 35.5. The summed E-state index contributed by atoms with van der Waals surface area (Å²) in [5, 5.41) is 11.1. The molecule has 0 bridgehead atoms. The van der Waals surface area contributed by atoms with E-state index in [-0.39, 0.29) is 6.42 Å². The van der Waals surface area contributed by atoms with Gasteiger partial charge in [-0.15, -0.1) is 0 Å². The van der Waals surface area contributed by atoms with Crippen LogP contribution in [-0.2, 0) is 6.42 Å². The third-order valence-electron chi connectivity index (χ3n) is 2.96. The monoisotopic (exact) mass is 314 g/mol. The van der Waals surface area contributed by atoms with Gasteiger partial charge in [0.15, 0.2) is 0 Å². The third kappa shape index (κ3) is 3.42. The van der Waals surface area contributed by atoms with E-state index in [1.54, 1.807) is 18.2 Å². The number of hydrogen-bond acceptors (Lipinski definition) is 2. The molecule has 0 radical (unpaired) electrons. The van der Waals surface area contributed by atoms with Crippen molar-refractivity contribution in [1.29, 1.82) is 0 Å². The topological polar surface area (TPSA) is 29.5 Å². The van der Waals surface area contributed by atoms with Crippen molar-refractivity contribution in [2.75, 3.05) is 7.11 Å². The molecule has 0 heterocycles. The van der Waals surface area contributed by atoms with E-state index in [1.807, 2.05) is 0 Å². The molecule has 0 aliphatic heterocycles. The molecule has 0 spiro atoms. The number of ether oxygens (including phenoxy) is 1. The zero-order chi connectivity index (χ0) is 14.7. The van der Waals surface area contributed by atoms with E-state index in [0.29, 0.717) is 21.4 Å². The summed E-state index contributed by atoms with van der Waals surface area (Å²) in [5.74, 6) is 0.0212. The summed E-state index contributed by atoms with van der Waals surface area (Å²) in [6.45, 7) is 0. The molecule has 2 nitrogen and oxygen atoms in total. The summed E-state index contributed by atoms with van der Waals surface area (Å²) in [6.07, 6.45) is -0.602. The lowest BCUT2D eigenvalue weighted by molar-refractivity contribution is 0.173. The average molecular weight is 315 g/mol. The standard InChI is InChI=1S/C15H13Cl2FO2/c1-20-15-5-3-10(18)8-11(15)14(19)7-9-2-4-12(16)13(17)6-9/h2-6,8,14,19H,7H2,1H3. The van der Waals surface area contributed by atoms with Crippen LogP contribution in [0, 0.1) is 5.82 Å². The Morgan fingerprint density at radius 1 is 1.15 bits per heavy atom. The van der Waals surface area contributed by atoms with Crippen molar-refractivity contribution >= 4 is 23.2 Å². The number of aliphatic hydroxyl groups excluding tert-OH is 1. The molecule has 0 fully saturated rings. The minimum atomic E-state index is -0.891. The minimum Gasteiger partial charge on any atom is -0.496 e. The molecule has 1 N–H and O–H groups in total. The van der Waals surface area contributed by atoms with E-state index >= 15 is 0 Å². The van der Waals surface area contributed by atoms with Gasteiger partial charge in [-0.1, -0.05) is 29.3 Å². The van der Waals surface area contributed by atoms with Gasteiger partial charge in [-0.25, -0.2) is 4.39 Å². The highest BCUT2D eigenvalue weighted by Crippen LogP contribution is 2.30. The van der Waals surface area contributed by atoms with Crippen LogP contribution in [0.2, 0.25) is 10.0 Å². The van der Waals surface area contributed by atoms with Crippen LogP contribution in [0.1, 0.15) is 17.2 Å². The molecule has 2 aromatic carbocycles. The van der Waals surface area contributed by atoms with Crippen molar-refractivity contribution in [2.45, 2.75) is 12.5 Å². The number of aliphatic hydroxyl groups is 1. The quantitative estimate of drug-likeness (QED) is 0.905. The predicted molar refractivity (Wildman–Crippen MR) is 78.1 cm³/mol. The van der Waals surface area contributed by atoms with E-state index < -0.39 is 11.9 Å². The van der Waals surface area contributed by atoms with Crippen molar-refractivity contribution in [3.63, 3.8) is 0 Å². The molecular weight excluding hydrogens is 302 g/mol. The Hall–Kier alpha value is -1.29. The second kappa shape index (κ2) is 6.44. The molecule has 0 aromatic heterocycles. The van der Waals surface area contributed by atoms with Gasteiger partial charge in [-0.05, 0) is 35.9 Å². The number of halogens is 3. The number of methoxy groups -OCH3 is 1. The molecule has 0 aliphatic carbocycles. The van der Waals surface area contributed by atoms with E-state index in [1.165, 1.54) is 25.3 Å². The van der Waals surface area contributed by atoms with Crippen LogP contribution in [0.15, 0.2) is 36.4 Å². The van der Waals surface area contributed by atoms with Crippen LogP contribution in [0.5, 0.6) is 5.75 Å². The number of hydrogen-bond donors (Lipinski definition) is 1. The molecule has 5 heteroatoms. The van der Waals surface area contributed by atoms with E-state index in [9.17, 15) is 9.50 Å². The van der Waals surface area contributed by atoms with Crippen LogP contribution in [0.3, 0.4) is 0 Å². The Morgan fingerprint density at radius 3 is 2.55 bits per heavy atom. The second-order valence-electron chi connectivity index (χ2n) is 4.35. The molecule has 106 valence electrons. The first-order valence-electron chi connectivity index (χ1n) is 5.96. The smallest absolute Gasteiger partial charge is 0.124 e. The molecule has 2 aromatic rings. The first-order chi connectivity index (χ1) is 9.51. The van der Waals surface area contributed by atoms with Gasteiger partial charge in [0.05, 0.1) is 23.3 Å². The van der Waals surface area contributed by atoms with Crippen molar-refractivity contribution < 1.29 is 14.2 Å². The molecule has 0 saturated heterocycles. The SMILES string of the molecule is COc1ccc(F)cc1C(O)Cc1ccc(Cl)c(Cl)c1. The summed E-state index contributed by atoms with van der Waals surface area (Å²) >= 11 is 11.8. The van der Waals surface area contributed by atoms with Crippen molar-refractivity contribution in [2.24, 2.45) is 0 Å². The lowest BCUT2D eigenvalue weighted by atomic mass is 10.0. The molecule has 0 saturated carbocycles. The van der Waals surface area contributed by atoms with Crippen molar-refractivity contribution in [3.8, 4) is 5.75 Å².